The third-order valence-corrected chi connectivity index (χ3v) is 8.38. The van der Waals surface area contributed by atoms with Gasteiger partial charge in [-0.1, -0.05) is 94.1 Å². The molecule has 2 atom stereocenters. The van der Waals surface area contributed by atoms with Crippen LogP contribution in [-0.2, 0) is 31.2 Å². The van der Waals surface area contributed by atoms with Crippen LogP contribution in [0.3, 0.4) is 0 Å². The minimum atomic E-state index is -0.815. The Morgan fingerprint density at radius 2 is 1.69 bits per heavy atom. The van der Waals surface area contributed by atoms with Gasteiger partial charge >= 0.3 is 5.97 Å². The van der Waals surface area contributed by atoms with Crippen molar-refractivity contribution in [1.82, 2.24) is 15.7 Å². The van der Waals surface area contributed by atoms with E-state index in [1.54, 1.807) is 36.4 Å². The van der Waals surface area contributed by atoms with E-state index >= 15 is 0 Å². The van der Waals surface area contributed by atoms with Gasteiger partial charge in [0, 0.05) is 5.56 Å². The number of carboxylic acids is 1. The van der Waals surface area contributed by atoms with E-state index in [1.165, 1.54) is 5.06 Å². The number of furan rings is 1. The number of unbranched alkanes of at least 4 members (excludes halogenated alkanes) is 2. The second-order valence-corrected chi connectivity index (χ2v) is 11.5. The van der Waals surface area contributed by atoms with Crippen LogP contribution in [0.1, 0.15) is 86.9 Å². The fourth-order valence-electron chi connectivity index (χ4n) is 5.59. The van der Waals surface area contributed by atoms with Crippen molar-refractivity contribution >= 4 is 24.2 Å². The number of carbonyl (C=O) groups is 4. The van der Waals surface area contributed by atoms with Gasteiger partial charge in [0.25, 0.3) is 5.91 Å². The summed E-state index contributed by atoms with van der Waals surface area (Å²) in [5.74, 6) is -1.55. The van der Waals surface area contributed by atoms with Crippen molar-refractivity contribution < 1.29 is 33.5 Å². The van der Waals surface area contributed by atoms with Crippen molar-refractivity contribution in [1.29, 1.82) is 0 Å². The lowest BCUT2D eigenvalue weighted by Crippen LogP contribution is -2.48. The third-order valence-electron chi connectivity index (χ3n) is 8.38. The molecule has 4 rings (SSSR count). The molecule has 1 saturated carbocycles. The van der Waals surface area contributed by atoms with E-state index in [9.17, 15) is 24.3 Å². The molecular weight excluding hydrogens is 574 g/mol. The summed E-state index contributed by atoms with van der Waals surface area (Å²) in [6.45, 7) is 4.18. The van der Waals surface area contributed by atoms with Gasteiger partial charge in [0.05, 0.1) is 24.0 Å². The maximum atomic E-state index is 13.5. The highest BCUT2D eigenvalue weighted by molar-refractivity contribution is 5.92. The molecule has 3 amide bonds. The summed E-state index contributed by atoms with van der Waals surface area (Å²) < 4.78 is 5.77. The predicted octanol–water partition coefficient (Wildman–Crippen LogP) is 5.82. The van der Waals surface area contributed by atoms with E-state index in [4.69, 9.17) is 9.25 Å². The van der Waals surface area contributed by atoms with Gasteiger partial charge in [0.2, 0.25) is 12.3 Å². The van der Waals surface area contributed by atoms with Gasteiger partial charge in [0.15, 0.2) is 5.76 Å². The molecule has 2 aromatic carbocycles. The maximum absolute atomic E-state index is 13.5. The molecular formula is C35H43N3O7. The number of aliphatic carboxylic acids is 1. The van der Waals surface area contributed by atoms with E-state index in [0.29, 0.717) is 37.9 Å². The smallest absolute Gasteiger partial charge is 0.314 e. The van der Waals surface area contributed by atoms with E-state index in [2.05, 4.69) is 17.6 Å². The molecule has 0 bridgehead atoms. The fraction of sp³-hybridized carbons (Fsp3) is 0.429. The molecule has 1 heterocycles. The number of hydrogen-bond acceptors (Lipinski definition) is 6. The first-order chi connectivity index (χ1) is 21.8. The number of hydrogen-bond donors (Lipinski definition) is 3. The van der Waals surface area contributed by atoms with Crippen LogP contribution in [0.2, 0.25) is 0 Å². The van der Waals surface area contributed by atoms with E-state index in [-0.39, 0.29) is 24.9 Å². The molecule has 0 saturated heterocycles. The minimum Gasteiger partial charge on any atom is -0.481 e. The fourth-order valence-corrected chi connectivity index (χ4v) is 5.59. The first kappa shape index (κ1) is 33.5. The van der Waals surface area contributed by atoms with Gasteiger partial charge in [-0.15, -0.1) is 0 Å². The van der Waals surface area contributed by atoms with Crippen molar-refractivity contribution in [2.45, 2.75) is 83.3 Å². The normalized spacial score (nSPS) is 14.6. The van der Waals surface area contributed by atoms with Crippen LogP contribution >= 0.6 is 0 Å². The zero-order chi connectivity index (χ0) is 32.2. The summed E-state index contributed by atoms with van der Waals surface area (Å²) >= 11 is 0. The highest BCUT2D eigenvalue weighted by Crippen LogP contribution is 2.48. The van der Waals surface area contributed by atoms with Crippen LogP contribution < -0.4 is 10.6 Å². The van der Waals surface area contributed by atoms with Crippen molar-refractivity contribution in [3.8, 4) is 11.3 Å². The number of benzene rings is 2. The molecule has 240 valence electrons. The topological polar surface area (TPSA) is 138 Å². The van der Waals surface area contributed by atoms with Crippen LogP contribution in [-0.4, -0.2) is 47.1 Å². The van der Waals surface area contributed by atoms with Crippen molar-refractivity contribution in [2.24, 2.45) is 5.92 Å². The van der Waals surface area contributed by atoms with E-state index < -0.39 is 29.3 Å². The van der Waals surface area contributed by atoms with Crippen LogP contribution in [0.4, 0.5) is 0 Å². The second-order valence-electron chi connectivity index (χ2n) is 11.5. The van der Waals surface area contributed by atoms with Crippen LogP contribution in [0, 0.1) is 5.92 Å². The molecule has 3 N–H and O–H groups in total. The molecule has 0 aliphatic heterocycles. The molecule has 1 aliphatic rings. The Bertz CT molecular complexity index is 1420. The Kier molecular flexibility index (Phi) is 11.9. The number of carbonyl (C=O) groups excluding carboxylic acids is 3. The first-order valence-electron chi connectivity index (χ1n) is 15.7. The number of amides is 3. The molecule has 1 fully saturated rings. The van der Waals surface area contributed by atoms with Crippen LogP contribution in [0.5, 0.6) is 0 Å². The molecule has 0 spiro atoms. The zero-order valence-corrected chi connectivity index (χ0v) is 26.0. The Labute approximate surface area is 264 Å². The summed E-state index contributed by atoms with van der Waals surface area (Å²) in [6, 6.07) is 19.4. The quantitative estimate of drug-likeness (QED) is 0.0667. The van der Waals surface area contributed by atoms with E-state index in [1.807, 2.05) is 37.3 Å². The number of nitrogens with zero attached hydrogens (tertiary/aromatic N) is 1. The summed E-state index contributed by atoms with van der Waals surface area (Å²) in [4.78, 5) is 55.9. The Morgan fingerprint density at radius 3 is 2.31 bits per heavy atom. The molecule has 1 aromatic heterocycles. The molecule has 10 heteroatoms. The standard InChI is InChI=1S/C35H43N3O7/c1-3-5-7-13-28(29(10-4-2)38(24-39)44-22-25-11-8-6-9-12-25)32(40)36-23-37-33(41)31-19-18-30(45-31)26-14-16-27(17-15-26)35(20-21-35)34(42)43/h6,8-9,11-12,14-19,24,28-29H,3-5,7,10,13,20-23H2,1-2H3,(H,36,40)(H,37,41)(H,42,43)/t28-,29-/m1/s1. The molecule has 1 aliphatic carbocycles. The van der Waals surface area contributed by atoms with Crippen molar-refractivity contribution in [2.75, 3.05) is 6.67 Å². The van der Waals surface area contributed by atoms with Crippen LogP contribution in [0.15, 0.2) is 71.1 Å². The largest absolute Gasteiger partial charge is 0.481 e. The lowest BCUT2D eigenvalue weighted by atomic mass is 9.89. The Morgan fingerprint density at radius 1 is 0.956 bits per heavy atom. The van der Waals surface area contributed by atoms with Gasteiger partial charge in [-0.25, -0.2) is 5.06 Å². The van der Waals surface area contributed by atoms with Gasteiger partial charge < -0.3 is 20.2 Å². The molecule has 0 unspecified atom stereocenters. The zero-order valence-electron chi connectivity index (χ0n) is 26.0. The maximum Gasteiger partial charge on any atom is 0.314 e. The second kappa shape index (κ2) is 16.0. The molecule has 3 aromatic rings. The number of carboxylic acid groups (broad SMARTS) is 1. The van der Waals surface area contributed by atoms with Gasteiger partial charge in [0.1, 0.15) is 12.4 Å². The average molecular weight is 618 g/mol. The van der Waals surface area contributed by atoms with Gasteiger partial charge in [-0.2, -0.15) is 0 Å². The average Bonchev–Trinajstić information content (AvgIpc) is 3.73. The summed E-state index contributed by atoms with van der Waals surface area (Å²) in [7, 11) is 0. The third kappa shape index (κ3) is 8.60. The molecule has 45 heavy (non-hydrogen) atoms. The first-order valence-corrected chi connectivity index (χ1v) is 15.7. The Hall–Kier alpha value is -4.44. The van der Waals surface area contributed by atoms with Crippen molar-refractivity contribution in [3.05, 3.63) is 83.6 Å². The van der Waals surface area contributed by atoms with Crippen LogP contribution in [0.25, 0.3) is 11.3 Å². The SMILES string of the molecule is CCCCC[C@@H](C(=O)NCNC(=O)c1ccc(-c2ccc(C3(C(=O)O)CC3)cc2)o1)[C@@H](CCC)N(C=O)OCc1ccccc1. The monoisotopic (exact) mass is 617 g/mol. The minimum absolute atomic E-state index is 0.0809. The summed E-state index contributed by atoms with van der Waals surface area (Å²) in [5.41, 5.74) is 1.60. The molecule has 0 radical (unpaired) electrons. The predicted molar refractivity (Wildman–Crippen MR) is 169 cm³/mol. The summed E-state index contributed by atoms with van der Waals surface area (Å²) in [5, 5.41) is 16.3. The number of rotatable bonds is 19. The Balaban J connectivity index is 1.35. The lowest BCUT2D eigenvalue weighted by molar-refractivity contribution is -0.201. The molecule has 10 nitrogen and oxygen atoms in total. The summed E-state index contributed by atoms with van der Waals surface area (Å²) in [6.07, 6.45) is 6.56. The van der Waals surface area contributed by atoms with Gasteiger partial charge in [-0.3, -0.25) is 24.0 Å². The number of hydroxylamine groups is 2. The number of nitrogens with one attached hydrogen (secondary N) is 2. The highest BCUT2D eigenvalue weighted by Gasteiger charge is 2.51. The lowest BCUT2D eigenvalue weighted by Gasteiger charge is -2.33. The highest BCUT2D eigenvalue weighted by atomic mass is 16.7. The van der Waals surface area contributed by atoms with Crippen molar-refractivity contribution in [3.63, 3.8) is 0 Å². The van der Waals surface area contributed by atoms with E-state index in [0.717, 1.165) is 42.4 Å². The van der Waals surface area contributed by atoms with Gasteiger partial charge in [-0.05, 0) is 48.9 Å².